The highest BCUT2D eigenvalue weighted by atomic mass is 32.1. The lowest BCUT2D eigenvalue weighted by Crippen LogP contribution is -2.23. The van der Waals surface area contributed by atoms with Gasteiger partial charge in [-0.1, -0.05) is 11.2 Å². The molecule has 3 aromatic heterocycles. The van der Waals surface area contributed by atoms with E-state index in [0.717, 1.165) is 22.0 Å². The smallest absolute Gasteiger partial charge is 0.177 e. The highest BCUT2D eigenvalue weighted by molar-refractivity contribution is 7.13. The summed E-state index contributed by atoms with van der Waals surface area (Å²) in [4.78, 5) is 5.29. The van der Waals surface area contributed by atoms with Crippen molar-refractivity contribution < 1.29 is 4.52 Å². The van der Waals surface area contributed by atoms with Crippen LogP contribution >= 0.6 is 11.3 Å². The summed E-state index contributed by atoms with van der Waals surface area (Å²) in [5.41, 5.74) is 8.23. The molecule has 23 heavy (non-hydrogen) atoms. The molecule has 4 rings (SSSR count). The fourth-order valence-electron chi connectivity index (χ4n) is 2.60. The van der Waals surface area contributed by atoms with Gasteiger partial charge in [0.05, 0.1) is 10.4 Å². The summed E-state index contributed by atoms with van der Waals surface area (Å²) in [6.45, 7) is 4.59. The van der Waals surface area contributed by atoms with Crippen LogP contribution in [0.25, 0.3) is 22.0 Å². The maximum atomic E-state index is 6.10. The molecule has 0 spiro atoms. The first-order valence-corrected chi connectivity index (χ1v) is 8.20. The number of hydrogen-bond acceptors (Lipinski definition) is 7. The number of amidine groups is 1. The number of aromatic nitrogens is 3. The van der Waals surface area contributed by atoms with Crippen LogP contribution in [0, 0.1) is 0 Å². The van der Waals surface area contributed by atoms with Gasteiger partial charge in [-0.2, -0.15) is 5.10 Å². The third-order valence-electron chi connectivity index (χ3n) is 3.67. The van der Waals surface area contributed by atoms with Crippen LogP contribution in [0.5, 0.6) is 0 Å². The molecule has 0 aromatic carbocycles. The average molecular weight is 328 g/mol. The first kappa shape index (κ1) is 14.0. The Kier molecular flexibility index (Phi) is 3.19. The number of rotatable bonds is 3. The van der Waals surface area contributed by atoms with E-state index >= 15 is 0 Å². The monoisotopic (exact) mass is 328 g/mol. The molecule has 3 N–H and O–H groups in total. The summed E-state index contributed by atoms with van der Waals surface area (Å²) in [6, 6.07) is 6.06. The first-order chi connectivity index (χ1) is 11.1. The Labute approximate surface area is 136 Å². The van der Waals surface area contributed by atoms with Crippen LogP contribution in [0.1, 0.15) is 25.5 Å². The molecule has 0 unspecified atom stereocenters. The standard InChI is InChI=1S/C15H16N6OS/c1-8(2)21-15-12(14(16)17-7-18-15)13(19-21)9-6-10(22-20-9)11-4-3-5-23-11/h3-6,8,18H,7H2,1-2H3,(H2,16,17). The normalized spacial score (nSPS) is 13.8. The maximum absolute atomic E-state index is 6.10. The van der Waals surface area contributed by atoms with E-state index in [1.54, 1.807) is 11.3 Å². The summed E-state index contributed by atoms with van der Waals surface area (Å²) in [7, 11) is 0. The number of nitrogens with one attached hydrogen (secondary N) is 1. The Hall–Kier alpha value is -2.61. The molecular formula is C15H16N6OS. The molecule has 3 aromatic rings. The van der Waals surface area contributed by atoms with Gasteiger partial charge in [0.2, 0.25) is 0 Å². The van der Waals surface area contributed by atoms with E-state index in [1.807, 2.05) is 28.3 Å². The van der Waals surface area contributed by atoms with Gasteiger partial charge >= 0.3 is 0 Å². The molecule has 0 saturated carbocycles. The van der Waals surface area contributed by atoms with Crippen LogP contribution < -0.4 is 11.1 Å². The zero-order valence-electron chi connectivity index (χ0n) is 12.8. The second kappa shape index (κ2) is 5.24. The van der Waals surface area contributed by atoms with Crippen molar-refractivity contribution in [2.24, 2.45) is 10.7 Å². The van der Waals surface area contributed by atoms with E-state index in [9.17, 15) is 0 Å². The Morgan fingerprint density at radius 3 is 3.04 bits per heavy atom. The minimum atomic E-state index is 0.194. The van der Waals surface area contributed by atoms with Gasteiger partial charge in [0.15, 0.2) is 5.76 Å². The zero-order valence-corrected chi connectivity index (χ0v) is 13.6. The van der Waals surface area contributed by atoms with Gasteiger partial charge in [-0.3, -0.25) is 0 Å². The molecule has 0 fully saturated rings. The Morgan fingerprint density at radius 2 is 2.30 bits per heavy atom. The van der Waals surface area contributed by atoms with Crippen molar-refractivity contribution in [3.05, 3.63) is 29.1 Å². The molecule has 0 saturated heterocycles. The molecule has 1 aliphatic heterocycles. The molecule has 0 bridgehead atoms. The van der Waals surface area contributed by atoms with Crippen molar-refractivity contribution in [1.82, 2.24) is 14.9 Å². The van der Waals surface area contributed by atoms with Crippen molar-refractivity contribution in [3.63, 3.8) is 0 Å². The zero-order chi connectivity index (χ0) is 16.0. The number of anilines is 1. The van der Waals surface area contributed by atoms with Crippen molar-refractivity contribution >= 4 is 23.0 Å². The highest BCUT2D eigenvalue weighted by Crippen LogP contribution is 2.34. The van der Waals surface area contributed by atoms with Gasteiger partial charge in [-0.15, -0.1) is 11.3 Å². The van der Waals surface area contributed by atoms with E-state index in [0.29, 0.717) is 23.9 Å². The van der Waals surface area contributed by atoms with Crippen LogP contribution in [0.2, 0.25) is 0 Å². The van der Waals surface area contributed by atoms with Crippen LogP contribution in [0.3, 0.4) is 0 Å². The number of hydrogen-bond donors (Lipinski definition) is 2. The Morgan fingerprint density at radius 1 is 1.43 bits per heavy atom. The van der Waals surface area contributed by atoms with E-state index in [1.165, 1.54) is 0 Å². The summed E-state index contributed by atoms with van der Waals surface area (Å²) >= 11 is 1.60. The van der Waals surface area contributed by atoms with Gasteiger partial charge < -0.3 is 15.6 Å². The molecular weight excluding hydrogens is 312 g/mol. The van der Waals surface area contributed by atoms with Crippen LogP contribution in [0.4, 0.5) is 5.82 Å². The molecule has 118 valence electrons. The van der Waals surface area contributed by atoms with E-state index in [2.05, 4.69) is 34.4 Å². The maximum Gasteiger partial charge on any atom is 0.177 e. The van der Waals surface area contributed by atoms with Gasteiger partial charge in [0, 0.05) is 12.1 Å². The highest BCUT2D eigenvalue weighted by Gasteiger charge is 2.27. The minimum absolute atomic E-state index is 0.194. The van der Waals surface area contributed by atoms with Gasteiger partial charge in [-0.05, 0) is 25.3 Å². The molecule has 4 heterocycles. The number of nitrogens with zero attached hydrogens (tertiary/aromatic N) is 4. The lowest BCUT2D eigenvalue weighted by Gasteiger charge is -2.16. The van der Waals surface area contributed by atoms with E-state index < -0.39 is 0 Å². The lowest BCUT2D eigenvalue weighted by molar-refractivity contribution is 0.435. The lowest BCUT2D eigenvalue weighted by atomic mass is 10.1. The van der Waals surface area contributed by atoms with Crippen LogP contribution in [0.15, 0.2) is 33.1 Å². The second-order valence-electron chi connectivity index (χ2n) is 5.54. The second-order valence-corrected chi connectivity index (χ2v) is 6.49. The summed E-state index contributed by atoms with van der Waals surface area (Å²) in [5.74, 6) is 2.08. The van der Waals surface area contributed by atoms with Crippen LogP contribution in [-0.4, -0.2) is 27.4 Å². The third kappa shape index (κ3) is 2.22. The van der Waals surface area contributed by atoms with Gasteiger partial charge in [-0.25, -0.2) is 9.67 Å². The summed E-state index contributed by atoms with van der Waals surface area (Å²) < 4.78 is 7.38. The quantitative estimate of drug-likeness (QED) is 0.771. The van der Waals surface area contributed by atoms with Crippen LogP contribution in [-0.2, 0) is 0 Å². The number of aliphatic imine (C=N–C) groups is 1. The summed E-state index contributed by atoms with van der Waals surface area (Å²) in [5, 5.41) is 14.1. The Balaban J connectivity index is 1.85. The number of fused-ring (bicyclic) bond motifs is 1. The SMILES string of the molecule is CC(C)n1nc(-c2cc(-c3cccs3)on2)c2c1NCN=C2N. The van der Waals surface area contributed by atoms with Crippen molar-refractivity contribution in [3.8, 4) is 22.0 Å². The molecule has 8 heteroatoms. The number of nitrogens with two attached hydrogens (primary N) is 1. The topological polar surface area (TPSA) is 94.3 Å². The number of thiophene rings is 1. The fourth-order valence-corrected chi connectivity index (χ4v) is 3.27. The third-order valence-corrected chi connectivity index (χ3v) is 4.55. The molecule has 0 atom stereocenters. The van der Waals surface area contributed by atoms with Crippen molar-refractivity contribution in [2.75, 3.05) is 12.0 Å². The molecule has 0 radical (unpaired) electrons. The predicted molar refractivity (Wildman–Crippen MR) is 90.6 cm³/mol. The minimum Gasteiger partial charge on any atom is -0.383 e. The molecule has 1 aliphatic rings. The van der Waals surface area contributed by atoms with Crippen molar-refractivity contribution in [2.45, 2.75) is 19.9 Å². The van der Waals surface area contributed by atoms with Crippen molar-refractivity contribution in [1.29, 1.82) is 0 Å². The fraction of sp³-hybridized carbons (Fsp3) is 0.267. The Bertz CT molecular complexity index is 874. The van der Waals surface area contributed by atoms with E-state index in [-0.39, 0.29) is 6.04 Å². The molecule has 0 amide bonds. The predicted octanol–water partition coefficient (Wildman–Crippen LogP) is 2.94. The van der Waals surface area contributed by atoms with E-state index in [4.69, 9.17) is 10.3 Å². The largest absolute Gasteiger partial charge is 0.383 e. The van der Waals surface area contributed by atoms with Gasteiger partial charge in [0.25, 0.3) is 0 Å². The molecule has 7 nitrogen and oxygen atoms in total. The first-order valence-electron chi connectivity index (χ1n) is 7.32. The van der Waals surface area contributed by atoms with Gasteiger partial charge in [0.1, 0.15) is 29.7 Å². The average Bonchev–Trinajstić information content (AvgIpc) is 3.25. The molecule has 0 aliphatic carbocycles. The summed E-state index contributed by atoms with van der Waals surface area (Å²) in [6.07, 6.45) is 0.